The zero-order valence-corrected chi connectivity index (χ0v) is 11.7. The number of amides is 2. The molecule has 0 aromatic carbocycles. The Bertz CT molecular complexity index is 362. The third-order valence-corrected chi connectivity index (χ3v) is 4.70. The van der Waals surface area contributed by atoms with E-state index >= 15 is 0 Å². The summed E-state index contributed by atoms with van der Waals surface area (Å²) < 4.78 is 0. The molecule has 108 valence electrons. The summed E-state index contributed by atoms with van der Waals surface area (Å²) >= 11 is 0. The van der Waals surface area contributed by atoms with Gasteiger partial charge in [-0.25, -0.2) is 9.59 Å². The number of aliphatic carboxylic acids is 1. The van der Waals surface area contributed by atoms with Crippen molar-refractivity contribution in [2.45, 2.75) is 52.0 Å². The topological polar surface area (TPSA) is 78.4 Å². The molecule has 2 rings (SSSR count). The molecule has 19 heavy (non-hydrogen) atoms. The largest absolute Gasteiger partial charge is 0.480 e. The van der Waals surface area contributed by atoms with E-state index in [1.54, 1.807) is 0 Å². The maximum absolute atomic E-state index is 11.8. The van der Waals surface area contributed by atoms with Crippen molar-refractivity contribution >= 4 is 12.0 Å². The van der Waals surface area contributed by atoms with Crippen LogP contribution in [0.3, 0.4) is 0 Å². The lowest BCUT2D eigenvalue weighted by molar-refractivity contribution is -0.140. The molecule has 0 saturated heterocycles. The smallest absolute Gasteiger partial charge is 0.326 e. The van der Waals surface area contributed by atoms with Gasteiger partial charge in [-0.2, -0.15) is 0 Å². The van der Waals surface area contributed by atoms with Crippen LogP contribution in [0.5, 0.6) is 0 Å². The van der Waals surface area contributed by atoms with Gasteiger partial charge < -0.3 is 15.7 Å². The first-order chi connectivity index (χ1) is 8.98. The molecule has 0 aliphatic heterocycles. The minimum atomic E-state index is -0.965. The van der Waals surface area contributed by atoms with Gasteiger partial charge in [0.05, 0.1) is 0 Å². The van der Waals surface area contributed by atoms with Gasteiger partial charge in [-0.05, 0) is 42.9 Å². The fraction of sp³-hybridized carbons (Fsp3) is 0.857. The Labute approximate surface area is 114 Å². The van der Waals surface area contributed by atoms with Crippen LogP contribution < -0.4 is 10.6 Å². The minimum Gasteiger partial charge on any atom is -0.480 e. The van der Waals surface area contributed by atoms with Crippen LogP contribution in [0.15, 0.2) is 0 Å². The molecule has 5 heteroatoms. The predicted molar refractivity (Wildman–Crippen MR) is 71.8 cm³/mol. The molecule has 0 aromatic heterocycles. The van der Waals surface area contributed by atoms with E-state index in [2.05, 4.69) is 10.6 Å². The Morgan fingerprint density at radius 1 is 1.37 bits per heavy atom. The van der Waals surface area contributed by atoms with Crippen LogP contribution in [0.25, 0.3) is 0 Å². The lowest BCUT2D eigenvalue weighted by Crippen LogP contribution is -2.50. The molecule has 0 unspecified atom stereocenters. The van der Waals surface area contributed by atoms with Crippen LogP contribution in [-0.4, -0.2) is 29.7 Å². The van der Waals surface area contributed by atoms with Gasteiger partial charge in [-0.1, -0.05) is 20.3 Å². The highest BCUT2D eigenvalue weighted by molar-refractivity contribution is 5.82. The highest BCUT2D eigenvalue weighted by atomic mass is 16.4. The molecule has 2 aliphatic rings. The number of hydrogen-bond acceptors (Lipinski definition) is 2. The fourth-order valence-corrected chi connectivity index (χ4v) is 2.72. The van der Waals surface area contributed by atoms with Crippen LogP contribution in [0.4, 0.5) is 4.79 Å². The molecule has 2 atom stereocenters. The first kappa shape index (κ1) is 14.2. The normalized spacial score (nSPS) is 23.3. The van der Waals surface area contributed by atoms with Gasteiger partial charge in [0.15, 0.2) is 0 Å². The summed E-state index contributed by atoms with van der Waals surface area (Å²) in [4.78, 5) is 22.9. The number of carboxylic acid groups (broad SMARTS) is 1. The summed E-state index contributed by atoms with van der Waals surface area (Å²) in [5, 5.41) is 14.6. The van der Waals surface area contributed by atoms with Gasteiger partial charge in [0.25, 0.3) is 0 Å². The van der Waals surface area contributed by atoms with Crippen molar-refractivity contribution in [2.24, 2.45) is 17.3 Å². The monoisotopic (exact) mass is 268 g/mol. The summed E-state index contributed by atoms with van der Waals surface area (Å²) in [6.07, 6.45) is 5.70. The van der Waals surface area contributed by atoms with Gasteiger partial charge in [0.2, 0.25) is 0 Å². The highest BCUT2D eigenvalue weighted by Gasteiger charge is 2.53. The molecular weight excluding hydrogens is 244 g/mol. The Hall–Kier alpha value is -1.26. The molecule has 5 nitrogen and oxygen atoms in total. The van der Waals surface area contributed by atoms with Crippen LogP contribution in [0.1, 0.15) is 46.0 Å². The summed E-state index contributed by atoms with van der Waals surface area (Å²) in [5.41, 5.74) is 0.340. The number of hydrogen-bond donors (Lipinski definition) is 3. The quantitative estimate of drug-likeness (QED) is 0.660. The van der Waals surface area contributed by atoms with Gasteiger partial charge >= 0.3 is 12.0 Å². The molecule has 3 N–H and O–H groups in total. The molecule has 2 aliphatic carbocycles. The fourth-order valence-electron chi connectivity index (χ4n) is 2.72. The second-order valence-electron chi connectivity index (χ2n) is 6.17. The maximum Gasteiger partial charge on any atom is 0.326 e. The van der Waals surface area contributed by atoms with Crippen LogP contribution in [0, 0.1) is 17.3 Å². The van der Waals surface area contributed by atoms with Gasteiger partial charge in [0, 0.05) is 6.54 Å². The molecule has 2 saturated carbocycles. The molecule has 0 radical (unpaired) electrons. The lowest BCUT2D eigenvalue weighted by atomic mass is 9.99. The van der Waals surface area contributed by atoms with Gasteiger partial charge in [-0.3, -0.25) is 0 Å². The van der Waals surface area contributed by atoms with E-state index in [4.69, 9.17) is 5.11 Å². The summed E-state index contributed by atoms with van der Waals surface area (Å²) in [7, 11) is 0. The van der Waals surface area contributed by atoms with Crippen molar-refractivity contribution in [1.82, 2.24) is 10.6 Å². The van der Waals surface area contributed by atoms with E-state index in [0.29, 0.717) is 12.0 Å². The number of urea groups is 1. The van der Waals surface area contributed by atoms with E-state index < -0.39 is 12.0 Å². The SMILES string of the molecule is CC[C@H](C)[C@H](NC(=O)NCC1(C2CC2)CC1)C(=O)O. The molecule has 0 spiro atoms. The number of carboxylic acids is 1. The summed E-state index contributed by atoms with van der Waals surface area (Å²) in [6, 6.07) is -1.15. The Morgan fingerprint density at radius 2 is 2.00 bits per heavy atom. The minimum absolute atomic E-state index is 0.0680. The first-order valence-corrected chi connectivity index (χ1v) is 7.25. The molecule has 0 aromatic rings. The van der Waals surface area contributed by atoms with Crippen molar-refractivity contribution in [2.75, 3.05) is 6.54 Å². The Morgan fingerprint density at radius 3 is 2.42 bits per heavy atom. The van der Waals surface area contributed by atoms with E-state index in [9.17, 15) is 9.59 Å². The second kappa shape index (κ2) is 5.39. The Balaban J connectivity index is 1.77. The molecule has 2 amide bonds. The molecule has 0 bridgehead atoms. The van der Waals surface area contributed by atoms with E-state index in [1.165, 1.54) is 25.7 Å². The van der Waals surface area contributed by atoms with Crippen molar-refractivity contribution in [3.05, 3.63) is 0 Å². The third kappa shape index (κ3) is 3.39. The number of carbonyl (C=O) groups is 2. The highest BCUT2D eigenvalue weighted by Crippen LogP contribution is 2.60. The Kier molecular flexibility index (Phi) is 4.02. The summed E-state index contributed by atoms with van der Waals surface area (Å²) in [6.45, 7) is 4.45. The number of nitrogens with one attached hydrogen (secondary N) is 2. The van der Waals surface area contributed by atoms with Crippen molar-refractivity contribution in [1.29, 1.82) is 0 Å². The zero-order valence-electron chi connectivity index (χ0n) is 11.7. The zero-order chi connectivity index (χ0) is 14.0. The van der Waals surface area contributed by atoms with Crippen LogP contribution in [0.2, 0.25) is 0 Å². The molecule has 0 heterocycles. The molecular formula is C14H24N2O3. The standard InChI is InChI=1S/C14H24N2O3/c1-3-9(2)11(12(17)18)16-13(19)15-8-14(6-7-14)10-4-5-10/h9-11H,3-8H2,1-2H3,(H,17,18)(H2,15,16,19)/t9-,11-/m0/s1. The van der Waals surface area contributed by atoms with Crippen molar-refractivity contribution in [3.8, 4) is 0 Å². The van der Waals surface area contributed by atoms with Gasteiger partial charge in [0.1, 0.15) is 6.04 Å². The van der Waals surface area contributed by atoms with Crippen molar-refractivity contribution in [3.63, 3.8) is 0 Å². The average molecular weight is 268 g/mol. The predicted octanol–water partition coefficient (Wildman–Crippen LogP) is 1.98. The first-order valence-electron chi connectivity index (χ1n) is 7.25. The molecule has 2 fully saturated rings. The summed E-state index contributed by atoms with van der Waals surface area (Å²) in [5.74, 6) is -0.243. The van der Waals surface area contributed by atoms with Crippen LogP contribution >= 0.6 is 0 Å². The van der Waals surface area contributed by atoms with E-state index in [1.807, 2.05) is 13.8 Å². The maximum atomic E-state index is 11.8. The van der Waals surface area contributed by atoms with Crippen LogP contribution in [-0.2, 0) is 4.79 Å². The number of rotatable bonds is 7. The third-order valence-electron chi connectivity index (χ3n) is 4.70. The van der Waals surface area contributed by atoms with E-state index in [0.717, 1.165) is 12.3 Å². The number of carbonyl (C=O) groups excluding carboxylic acids is 1. The van der Waals surface area contributed by atoms with Gasteiger partial charge in [-0.15, -0.1) is 0 Å². The lowest BCUT2D eigenvalue weighted by Gasteiger charge is -2.21. The second-order valence-corrected chi connectivity index (χ2v) is 6.17. The average Bonchev–Trinajstić information content (AvgIpc) is 3.24. The van der Waals surface area contributed by atoms with Crippen molar-refractivity contribution < 1.29 is 14.7 Å². The van der Waals surface area contributed by atoms with E-state index in [-0.39, 0.29) is 11.9 Å².